The molecule has 4 N–H and O–H groups in total. The first-order valence-corrected chi connectivity index (χ1v) is 25.9. The minimum Gasteiger partial charge on any atom is -0.462 e. The Bertz CT molecular complexity index is 1170. The van der Waals surface area contributed by atoms with E-state index in [9.17, 15) is 37.9 Å². The van der Waals surface area contributed by atoms with Crippen molar-refractivity contribution in [3.63, 3.8) is 0 Å². The maximum Gasteiger partial charge on any atom is 0.306 e. The van der Waals surface area contributed by atoms with Crippen molar-refractivity contribution in [1.29, 1.82) is 0 Å². The van der Waals surface area contributed by atoms with Crippen LogP contribution in [0.25, 0.3) is 0 Å². The quantitative estimate of drug-likeness (QED) is 0.0197. The molecule has 0 amide bonds. The molecule has 0 aromatic heterocycles. The second-order valence-electron chi connectivity index (χ2n) is 17.1. The Morgan fingerprint density at radius 1 is 0.550 bits per heavy atom. The van der Waals surface area contributed by atoms with Crippen molar-refractivity contribution in [3.8, 4) is 0 Å². The first-order valence-electron chi connectivity index (χ1n) is 24.2. The summed E-state index contributed by atoms with van der Waals surface area (Å²) in [6.45, 7) is 3.76. The van der Waals surface area contributed by atoms with E-state index in [1.165, 1.54) is 148 Å². The molecule has 1 rings (SSSR count). The monoisotopic (exact) mass is 877 g/mol. The van der Waals surface area contributed by atoms with Crippen molar-refractivity contribution in [2.24, 2.45) is 0 Å². The molecule has 0 aliphatic carbocycles. The summed E-state index contributed by atoms with van der Waals surface area (Å²) in [6.07, 6.45) is 31.2. The van der Waals surface area contributed by atoms with E-state index in [0.29, 0.717) is 12.8 Å². The van der Waals surface area contributed by atoms with Gasteiger partial charge in [-0.05, 0) is 25.7 Å². The van der Waals surface area contributed by atoms with Gasteiger partial charge >= 0.3 is 11.9 Å². The average molecular weight is 877 g/mol. The van der Waals surface area contributed by atoms with E-state index in [1.54, 1.807) is 0 Å². The van der Waals surface area contributed by atoms with Crippen LogP contribution in [-0.2, 0) is 38.7 Å². The molecule has 1 aliphatic heterocycles. The summed E-state index contributed by atoms with van der Waals surface area (Å²) in [5.41, 5.74) is 0. The fourth-order valence-electron chi connectivity index (χ4n) is 7.58. The third-order valence-electron chi connectivity index (χ3n) is 11.4. The molecule has 13 heteroatoms. The van der Waals surface area contributed by atoms with Crippen LogP contribution in [0.3, 0.4) is 0 Å². The fraction of sp³-hybridized carbons (Fsp3) is 0.915. The van der Waals surface area contributed by atoms with Crippen LogP contribution in [-0.4, -0.2) is 96.0 Å². The highest BCUT2D eigenvalue weighted by molar-refractivity contribution is 7.85. The van der Waals surface area contributed by atoms with Crippen molar-refractivity contribution in [2.75, 3.05) is 19.0 Å². The summed E-state index contributed by atoms with van der Waals surface area (Å²) >= 11 is 0. The summed E-state index contributed by atoms with van der Waals surface area (Å²) < 4.78 is 54.1. The molecule has 6 atom stereocenters. The lowest BCUT2D eigenvalue weighted by atomic mass is 10.00. The number of aliphatic hydroxyl groups is 3. The zero-order valence-corrected chi connectivity index (χ0v) is 38.6. The van der Waals surface area contributed by atoms with E-state index >= 15 is 0 Å². The van der Waals surface area contributed by atoms with Crippen LogP contribution >= 0.6 is 0 Å². The van der Waals surface area contributed by atoms with E-state index in [2.05, 4.69) is 19.9 Å². The van der Waals surface area contributed by atoms with Gasteiger partial charge in [0.2, 0.25) is 0 Å². The van der Waals surface area contributed by atoms with Gasteiger partial charge in [-0.1, -0.05) is 193 Å². The van der Waals surface area contributed by atoms with Crippen LogP contribution in [0.15, 0.2) is 12.2 Å². The highest BCUT2D eigenvalue weighted by Gasteiger charge is 2.46. The third-order valence-corrected chi connectivity index (χ3v) is 12.1. The largest absolute Gasteiger partial charge is 0.462 e. The molecule has 1 aliphatic rings. The van der Waals surface area contributed by atoms with Crippen LogP contribution in [0.1, 0.15) is 219 Å². The summed E-state index contributed by atoms with van der Waals surface area (Å²) in [5.74, 6) is -2.03. The second-order valence-corrected chi connectivity index (χ2v) is 18.6. The lowest BCUT2D eigenvalue weighted by Crippen LogP contribution is -2.60. The molecule has 2 unspecified atom stereocenters. The van der Waals surface area contributed by atoms with Crippen LogP contribution in [0, 0.1) is 0 Å². The van der Waals surface area contributed by atoms with Crippen molar-refractivity contribution >= 4 is 22.1 Å². The Labute approximate surface area is 365 Å². The van der Waals surface area contributed by atoms with E-state index in [-0.39, 0.29) is 19.4 Å². The lowest BCUT2D eigenvalue weighted by Gasteiger charge is -2.40. The Kier molecular flexibility index (Phi) is 35.6. The van der Waals surface area contributed by atoms with Gasteiger partial charge in [0, 0.05) is 12.8 Å². The summed E-state index contributed by atoms with van der Waals surface area (Å²) in [5, 5.41) is 30.9. The molecular formula is C47H88O12S. The molecule has 1 heterocycles. The maximum atomic E-state index is 12.8. The highest BCUT2D eigenvalue weighted by atomic mass is 32.2. The van der Waals surface area contributed by atoms with Gasteiger partial charge in [0.1, 0.15) is 36.8 Å². The van der Waals surface area contributed by atoms with Crippen molar-refractivity contribution < 1.29 is 56.8 Å². The molecule has 354 valence electrons. The van der Waals surface area contributed by atoms with Gasteiger partial charge in [-0.25, -0.2) is 0 Å². The predicted octanol–water partition coefficient (Wildman–Crippen LogP) is 10.2. The Morgan fingerprint density at radius 2 is 0.983 bits per heavy atom. The Balaban J connectivity index is 2.41. The average Bonchev–Trinajstić information content (AvgIpc) is 3.21. The number of hydrogen-bond acceptors (Lipinski definition) is 11. The van der Waals surface area contributed by atoms with E-state index in [1.807, 2.05) is 6.08 Å². The summed E-state index contributed by atoms with van der Waals surface area (Å²) in [6, 6.07) is 0. The molecule has 60 heavy (non-hydrogen) atoms. The molecule has 0 radical (unpaired) electrons. The minimum atomic E-state index is -4.60. The van der Waals surface area contributed by atoms with Crippen molar-refractivity contribution in [2.45, 2.75) is 256 Å². The number of carbonyl (C=O) groups excluding carboxylic acids is 2. The molecule has 0 bridgehead atoms. The maximum absolute atomic E-state index is 12.8. The number of ether oxygens (including phenoxy) is 4. The van der Waals surface area contributed by atoms with Gasteiger partial charge < -0.3 is 34.3 Å². The van der Waals surface area contributed by atoms with E-state index in [0.717, 1.165) is 32.1 Å². The third kappa shape index (κ3) is 32.1. The Hall–Kier alpha value is -1.61. The lowest BCUT2D eigenvalue weighted by molar-refractivity contribution is -0.297. The second kappa shape index (κ2) is 37.9. The van der Waals surface area contributed by atoms with Crippen molar-refractivity contribution in [1.82, 2.24) is 0 Å². The number of aliphatic hydroxyl groups excluding tert-OH is 3. The zero-order chi connectivity index (χ0) is 44.1. The van der Waals surface area contributed by atoms with E-state index < -0.39 is 71.2 Å². The van der Waals surface area contributed by atoms with Gasteiger partial charge in [0.05, 0.1) is 6.61 Å². The smallest absolute Gasteiger partial charge is 0.306 e. The van der Waals surface area contributed by atoms with Crippen LogP contribution in [0.5, 0.6) is 0 Å². The van der Waals surface area contributed by atoms with Crippen molar-refractivity contribution in [3.05, 3.63) is 12.2 Å². The number of unbranched alkanes of at least 4 members (excludes halogenated alkanes) is 27. The van der Waals surface area contributed by atoms with Gasteiger partial charge in [-0.3, -0.25) is 14.1 Å². The number of rotatable bonds is 41. The normalized spacial score (nSPS) is 20.1. The fourth-order valence-corrected chi connectivity index (χ4v) is 8.27. The van der Waals surface area contributed by atoms with Gasteiger partial charge in [0.15, 0.2) is 12.4 Å². The molecule has 0 aromatic carbocycles. The minimum absolute atomic E-state index is 0.0857. The molecule has 0 saturated carbocycles. The van der Waals surface area contributed by atoms with Gasteiger partial charge in [0.25, 0.3) is 10.1 Å². The summed E-state index contributed by atoms with van der Waals surface area (Å²) in [4.78, 5) is 25.4. The predicted molar refractivity (Wildman–Crippen MR) is 238 cm³/mol. The standard InChI is InChI=1S/C47H88O12S/c1-3-5-7-9-11-13-15-17-19-20-22-23-25-27-29-31-33-35-42(48)56-37-40(38-57-47-46(52)45(51)44(50)41(59-47)39-60(53,54)55)58-43(49)36-34-32-30-28-26-24-21-18-16-14-12-10-8-6-4-2/h30,32,40-41,44-47,50-52H,3-29,31,33-39H2,1-2H3,(H,53,54,55)/b32-30+/t40-,41-,44-,45?,46?,47+/m1/s1. The highest BCUT2D eigenvalue weighted by Crippen LogP contribution is 2.24. The van der Waals surface area contributed by atoms with Gasteiger partial charge in [-0.2, -0.15) is 8.42 Å². The molecule has 0 spiro atoms. The Morgan fingerprint density at radius 3 is 1.45 bits per heavy atom. The van der Waals surface area contributed by atoms with E-state index in [4.69, 9.17) is 18.9 Å². The number of esters is 2. The molecule has 1 fully saturated rings. The number of carbonyl (C=O) groups is 2. The number of hydrogen-bond donors (Lipinski definition) is 4. The molecular weight excluding hydrogens is 789 g/mol. The van der Waals surface area contributed by atoms with Crippen LogP contribution < -0.4 is 0 Å². The summed E-state index contributed by atoms with van der Waals surface area (Å²) in [7, 11) is -4.60. The topological polar surface area (TPSA) is 186 Å². The van der Waals surface area contributed by atoms with Gasteiger partial charge in [-0.15, -0.1) is 0 Å². The number of allylic oxidation sites excluding steroid dienone is 2. The first-order chi connectivity index (χ1) is 29.0. The first kappa shape index (κ1) is 56.4. The molecule has 12 nitrogen and oxygen atoms in total. The SMILES string of the molecule is CCCCCCCCCCCCC/C=C/CCC(=O)O[C@H](COC(=O)CCCCCCCCCCCCCCCCCCC)CO[C@H]1O[C@H](CS(=O)(=O)O)[C@@H](O)C(O)C1O. The van der Waals surface area contributed by atoms with Crippen LogP contribution in [0.4, 0.5) is 0 Å². The zero-order valence-electron chi connectivity index (χ0n) is 37.8. The molecule has 1 saturated heterocycles. The molecule has 0 aromatic rings. The van der Waals surface area contributed by atoms with Crippen LogP contribution in [0.2, 0.25) is 0 Å².